The fourth-order valence-corrected chi connectivity index (χ4v) is 2.70. The first-order valence-electron chi connectivity index (χ1n) is 9.54. The summed E-state index contributed by atoms with van der Waals surface area (Å²) in [6.45, 7) is 2.88. The summed E-state index contributed by atoms with van der Waals surface area (Å²) in [4.78, 5) is 4.26. The second kappa shape index (κ2) is 14.9. The topological polar surface area (TPSA) is 64.1 Å². The lowest BCUT2D eigenvalue weighted by atomic mass is 10.2. The van der Waals surface area contributed by atoms with E-state index < -0.39 is 0 Å². The van der Waals surface area contributed by atoms with E-state index in [1.165, 1.54) is 5.56 Å². The number of guanidine groups is 1. The standard InChI is InChI=1S/C22H31N3O3.HI/c1-23-22(25-16-19-11-12-20(26-2)15-21(19)27-3)24-13-7-8-14-28-17-18-9-5-4-6-10-18;/h4-6,9-12,15H,7-8,13-14,16-17H2,1-3H3,(H2,23,24,25);1H. The Hall–Kier alpha value is -2.00. The smallest absolute Gasteiger partial charge is 0.191 e. The van der Waals surface area contributed by atoms with Crippen LogP contribution >= 0.6 is 24.0 Å². The van der Waals surface area contributed by atoms with Crippen LogP contribution in [0.15, 0.2) is 53.5 Å². The molecule has 0 fully saturated rings. The first kappa shape index (κ1) is 25.0. The van der Waals surface area contributed by atoms with Gasteiger partial charge in [-0.2, -0.15) is 0 Å². The highest BCUT2D eigenvalue weighted by Crippen LogP contribution is 2.24. The van der Waals surface area contributed by atoms with E-state index in [4.69, 9.17) is 14.2 Å². The summed E-state index contributed by atoms with van der Waals surface area (Å²) in [6.07, 6.45) is 2.02. The van der Waals surface area contributed by atoms with E-state index in [9.17, 15) is 0 Å². The van der Waals surface area contributed by atoms with Crippen molar-refractivity contribution < 1.29 is 14.2 Å². The van der Waals surface area contributed by atoms with Gasteiger partial charge in [0.15, 0.2) is 5.96 Å². The Kier molecular flexibility index (Phi) is 12.9. The van der Waals surface area contributed by atoms with Crippen molar-refractivity contribution in [3.8, 4) is 11.5 Å². The zero-order chi connectivity index (χ0) is 20.0. The van der Waals surface area contributed by atoms with Crippen LogP contribution in [0.25, 0.3) is 0 Å². The largest absolute Gasteiger partial charge is 0.497 e. The molecule has 0 radical (unpaired) electrons. The van der Waals surface area contributed by atoms with Crippen molar-refractivity contribution in [2.45, 2.75) is 26.0 Å². The molecule has 0 spiro atoms. The monoisotopic (exact) mass is 513 g/mol. The van der Waals surface area contributed by atoms with Gasteiger partial charge >= 0.3 is 0 Å². The number of halogens is 1. The lowest BCUT2D eigenvalue weighted by Gasteiger charge is -2.14. The number of methoxy groups -OCH3 is 2. The van der Waals surface area contributed by atoms with Crippen molar-refractivity contribution in [3.05, 3.63) is 59.7 Å². The molecular formula is C22H32IN3O3. The summed E-state index contributed by atoms with van der Waals surface area (Å²) in [5, 5.41) is 6.63. The Labute approximate surface area is 191 Å². The quantitative estimate of drug-likeness (QED) is 0.206. The van der Waals surface area contributed by atoms with Gasteiger partial charge in [0.2, 0.25) is 0 Å². The summed E-state index contributed by atoms with van der Waals surface area (Å²) < 4.78 is 16.4. The van der Waals surface area contributed by atoms with E-state index in [0.29, 0.717) is 13.2 Å². The summed E-state index contributed by atoms with van der Waals surface area (Å²) >= 11 is 0. The Morgan fingerprint density at radius 3 is 2.45 bits per heavy atom. The highest BCUT2D eigenvalue weighted by molar-refractivity contribution is 14.0. The predicted octanol–water partition coefficient (Wildman–Crippen LogP) is 3.98. The van der Waals surface area contributed by atoms with Crippen LogP contribution in [0.1, 0.15) is 24.0 Å². The molecular weight excluding hydrogens is 481 g/mol. The van der Waals surface area contributed by atoms with Crippen LogP contribution in [-0.2, 0) is 17.9 Å². The lowest BCUT2D eigenvalue weighted by molar-refractivity contribution is 0.117. The third-order valence-electron chi connectivity index (χ3n) is 4.28. The van der Waals surface area contributed by atoms with E-state index in [-0.39, 0.29) is 24.0 Å². The Bertz CT molecular complexity index is 726. The second-order valence-electron chi connectivity index (χ2n) is 6.28. The van der Waals surface area contributed by atoms with Crippen molar-refractivity contribution in [1.29, 1.82) is 0 Å². The number of hydrogen-bond acceptors (Lipinski definition) is 4. The Morgan fingerprint density at radius 2 is 1.76 bits per heavy atom. The molecule has 2 aromatic rings. The molecule has 0 heterocycles. The maximum atomic E-state index is 5.71. The predicted molar refractivity (Wildman–Crippen MR) is 128 cm³/mol. The molecule has 0 saturated carbocycles. The average Bonchev–Trinajstić information content (AvgIpc) is 2.75. The highest BCUT2D eigenvalue weighted by atomic mass is 127. The van der Waals surface area contributed by atoms with E-state index in [0.717, 1.165) is 49.0 Å². The number of hydrogen-bond donors (Lipinski definition) is 2. The summed E-state index contributed by atoms with van der Waals surface area (Å²) in [5.74, 6) is 2.33. The van der Waals surface area contributed by atoms with Crippen LogP contribution in [0.4, 0.5) is 0 Å². The number of benzene rings is 2. The van der Waals surface area contributed by atoms with Crippen LogP contribution in [0.5, 0.6) is 11.5 Å². The fourth-order valence-electron chi connectivity index (χ4n) is 2.70. The van der Waals surface area contributed by atoms with Gasteiger partial charge in [-0.05, 0) is 30.5 Å². The minimum absolute atomic E-state index is 0. The molecule has 0 aliphatic rings. The van der Waals surface area contributed by atoms with Gasteiger partial charge in [-0.25, -0.2) is 0 Å². The van der Waals surface area contributed by atoms with Gasteiger partial charge < -0.3 is 24.8 Å². The number of nitrogens with one attached hydrogen (secondary N) is 2. The molecule has 0 amide bonds. The molecule has 0 aromatic heterocycles. The van der Waals surface area contributed by atoms with E-state index in [1.54, 1.807) is 21.3 Å². The number of unbranched alkanes of at least 4 members (excludes halogenated alkanes) is 1. The van der Waals surface area contributed by atoms with E-state index in [2.05, 4.69) is 27.8 Å². The molecule has 0 unspecified atom stereocenters. The van der Waals surface area contributed by atoms with Gasteiger partial charge in [0.1, 0.15) is 11.5 Å². The molecule has 2 N–H and O–H groups in total. The molecule has 7 heteroatoms. The Morgan fingerprint density at radius 1 is 0.966 bits per heavy atom. The molecule has 0 atom stereocenters. The van der Waals surface area contributed by atoms with Crippen LogP contribution in [0, 0.1) is 0 Å². The zero-order valence-electron chi connectivity index (χ0n) is 17.4. The highest BCUT2D eigenvalue weighted by Gasteiger charge is 2.06. The summed E-state index contributed by atoms with van der Waals surface area (Å²) in [5.41, 5.74) is 2.25. The molecule has 160 valence electrons. The van der Waals surface area contributed by atoms with Gasteiger partial charge in [0.05, 0.1) is 20.8 Å². The molecule has 2 aromatic carbocycles. The zero-order valence-corrected chi connectivity index (χ0v) is 19.8. The van der Waals surface area contributed by atoms with Gasteiger partial charge in [-0.15, -0.1) is 24.0 Å². The minimum Gasteiger partial charge on any atom is -0.497 e. The number of aliphatic imine (C=N–C) groups is 1. The first-order chi connectivity index (χ1) is 13.8. The SMILES string of the molecule is CN=C(NCCCCOCc1ccccc1)NCc1ccc(OC)cc1OC.I. The molecule has 0 bridgehead atoms. The molecule has 0 aliphatic heterocycles. The van der Waals surface area contributed by atoms with Gasteiger partial charge in [-0.3, -0.25) is 4.99 Å². The number of rotatable bonds is 11. The van der Waals surface area contributed by atoms with Crippen molar-refractivity contribution in [3.63, 3.8) is 0 Å². The lowest BCUT2D eigenvalue weighted by Crippen LogP contribution is -2.37. The van der Waals surface area contributed by atoms with Gasteiger partial charge in [-0.1, -0.05) is 30.3 Å². The molecule has 0 aliphatic carbocycles. The van der Waals surface area contributed by atoms with Crippen LogP contribution in [0.3, 0.4) is 0 Å². The normalized spacial score (nSPS) is 10.8. The molecule has 2 rings (SSSR count). The fraction of sp³-hybridized carbons (Fsp3) is 0.409. The molecule has 0 saturated heterocycles. The van der Waals surface area contributed by atoms with E-state index in [1.807, 2.05) is 36.4 Å². The summed E-state index contributed by atoms with van der Waals surface area (Å²) in [7, 11) is 5.07. The molecule has 29 heavy (non-hydrogen) atoms. The van der Waals surface area contributed by atoms with Crippen molar-refractivity contribution in [2.75, 3.05) is 34.4 Å². The number of ether oxygens (including phenoxy) is 3. The molecule has 6 nitrogen and oxygen atoms in total. The third kappa shape index (κ3) is 9.36. The van der Waals surface area contributed by atoms with Crippen molar-refractivity contribution in [1.82, 2.24) is 10.6 Å². The van der Waals surface area contributed by atoms with Gasteiger partial charge in [0.25, 0.3) is 0 Å². The van der Waals surface area contributed by atoms with Crippen molar-refractivity contribution >= 4 is 29.9 Å². The average molecular weight is 513 g/mol. The Balaban J connectivity index is 0.00000420. The van der Waals surface area contributed by atoms with Crippen molar-refractivity contribution in [2.24, 2.45) is 4.99 Å². The summed E-state index contributed by atoms with van der Waals surface area (Å²) in [6, 6.07) is 16.0. The second-order valence-corrected chi connectivity index (χ2v) is 6.28. The van der Waals surface area contributed by atoms with Gasteiger partial charge in [0, 0.05) is 38.4 Å². The first-order valence-corrected chi connectivity index (χ1v) is 9.54. The van der Waals surface area contributed by atoms with Crippen LogP contribution in [-0.4, -0.2) is 40.4 Å². The van der Waals surface area contributed by atoms with Crippen LogP contribution in [0.2, 0.25) is 0 Å². The minimum atomic E-state index is 0. The maximum absolute atomic E-state index is 5.71. The van der Waals surface area contributed by atoms with E-state index >= 15 is 0 Å². The number of nitrogens with zero attached hydrogens (tertiary/aromatic N) is 1. The third-order valence-corrected chi connectivity index (χ3v) is 4.28. The maximum Gasteiger partial charge on any atom is 0.191 e. The van der Waals surface area contributed by atoms with Crippen LogP contribution < -0.4 is 20.1 Å².